The molecular formula is C11H13N3OS. The van der Waals surface area contributed by atoms with E-state index in [0.717, 1.165) is 22.3 Å². The number of furan rings is 1. The lowest BCUT2D eigenvalue weighted by molar-refractivity contribution is 0.528. The Bertz CT molecular complexity index is 494. The lowest BCUT2D eigenvalue weighted by atomic mass is 10.4. The van der Waals surface area contributed by atoms with E-state index in [-0.39, 0.29) is 0 Å². The molecule has 0 aliphatic heterocycles. The van der Waals surface area contributed by atoms with E-state index in [9.17, 15) is 0 Å². The fraction of sp³-hybridized carbons (Fsp3) is 0.273. The molecule has 84 valence electrons. The van der Waals surface area contributed by atoms with E-state index in [4.69, 9.17) is 4.42 Å². The minimum Gasteiger partial charge on any atom is -0.460 e. The quantitative estimate of drug-likeness (QED) is 0.657. The van der Waals surface area contributed by atoms with Gasteiger partial charge < -0.3 is 4.42 Å². The van der Waals surface area contributed by atoms with Crippen molar-refractivity contribution in [3.63, 3.8) is 0 Å². The van der Waals surface area contributed by atoms with Crippen molar-refractivity contribution in [3.05, 3.63) is 34.2 Å². The van der Waals surface area contributed by atoms with Crippen LogP contribution in [0.1, 0.15) is 22.1 Å². The van der Waals surface area contributed by atoms with Crippen LogP contribution in [0.4, 0.5) is 5.13 Å². The molecule has 0 unspecified atom stereocenters. The predicted molar refractivity (Wildman–Crippen MR) is 66.2 cm³/mol. The monoisotopic (exact) mass is 235 g/mol. The summed E-state index contributed by atoms with van der Waals surface area (Å²) in [4.78, 5) is 5.51. The maximum absolute atomic E-state index is 5.34. The molecule has 0 aromatic carbocycles. The van der Waals surface area contributed by atoms with Gasteiger partial charge in [-0.2, -0.15) is 5.10 Å². The highest BCUT2D eigenvalue weighted by Gasteiger charge is 2.01. The van der Waals surface area contributed by atoms with Gasteiger partial charge in [0.05, 0.1) is 11.9 Å². The molecule has 0 fully saturated rings. The lowest BCUT2D eigenvalue weighted by Crippen LogP contribution is -1.88. The zero-order valence-electron chi connectivity index (χ0n) is 9.44. The third-order valence-corrected chi connectivity index (χ3v) is 3.12. The van der Waals surface area contributed by atoms with Crippen molar-refractivity contribution in [2.24, 2.45) is 5.10 Å². The Morgan fingerprint density at radius 1 is 1.38 bits per heavy atom. The van der Waals surface area contributed by atoms with Crippen LogP contribution >= 0.6 is 11.3 Å². The molecule has 0 saturated carbocycles. The summed E-state index contributed by atoms with van der Waals surface area (Å²) in [5.41, 5.74) is 3.92. The van der Waals surface area contributed by atoms with Crippen molar-refractivity contribution in [1.29, 1.82) is 0 Å². The second kappa shape index (κ2) is 4.49. The van der Waals surface area contributed by atoms with Gasteiger partial charge in [-0.3, -0.25) is 5.43 Å². The molecule has 0 spiro atoms. The molecular weight excluding hydrogens is 222 g/mol. The maximum atomic E-state index is 5.34. The topological polar surface area (TPSA) is 50.4 Å². The first-order valence-corrected chi connectivity index (χ1v) is 5.76. The number of nitrogens with zero attached hydrogens (tertiary/aromatic N) is 2. The molecule has 0 amide bonds. The van der Waals surface area contributed by atoms with Crippen molar-refractivity contribution < 1.29 is 4.42 Å². The average Bonchev–Trinajstić information content (AvgIpc) is 2.75. The van der Waals surface area contributed by atoms with Crippen molar-refractivity contribution in [3.8, 4) is 0 Å². The summed E-state index contributed by atoms with van der Waals surface area (Å²) in [6.45, 7) is 5.92. The molecule has 2 aromatic rings. The van der Waals surface area contributed by atoms with Crippen LogP contribution in [-0.4, -0.2) is 11.2 Å². The molecule has 0 atom stereocenters. The standard InChI is InChI=1S/C11H13N3OS/c1-7-4-5-10(15-7)6-12-14-11-13-8(2)9(3)16-11/h4-6H,1-3H3,(H,13,14). The van der Waals surface area contributed by atoms with E-state index in [1.54, 1.807) is 17.6 Å². The Balaban J connectivity index is 1.99. The summed E-state index contributed by atoms with van der Waals surface area (Å²) in [6, 6.07) is 3.78. The summed E-state index contributed by atoms with van der Waals surface area (Å²) in [7, 11) is 0. The number of hydrogen-bond donors (Lipinski definition) is 1. The third kappa shape index (κ3) is 2.49. The number of anilines is 1. The number of rotatable bonds is 3. The van der Waals surface area contributed by atoms with Gasteiger partial charge in [0, 0.05) is 4.88 Å². The smallest absolute Gasteiger partial charge is 0.203 e. The normalized spacial score (nSPS) is 11.2. The summed E-state index contributed by atoms with van der Waals surface area (Å²) < 4.78 is 5.34. The van der Waals surface area contributed by atoms with E-state index in [2.05, 4.69) is 15.5 Å². The van der Waals surface area contributed by atoms with Crippen LogP contribution in [0, 0.1) is 20.8 Å². The zero-order chi connectivity index (χ0) is 11.5. The molecule has 4 nitrogen and oxygen atoms in total. The largest absolute Gasteiger partial charge is 0.460 e. The summed E-state index contributed by atoms with van der Waals surface area (Å²) in [5, 5.41) is 4.86. The van der Waals surface area contributed by atoms with Crippen LogP contribution in [0.3, 0.4) is 0 Å². The van der Waals surface area contributed by atoms with Gasteiger partial charge >= 0.3 is 0 Å². The molecule has 0 radical (unpaired) electrons. The lowest BCUT2D eigenvalue weighted by Gasteiger charge is -1.90. The highest BCUT2D eigenvalue weighted by Crippen LogP contribution is 2.20. The Kier molecular flexibility index (Phi) is 3.05. The molecule has 0 bridgehead atoms. The molecule has 0 aliphatic rings. The first-order valence-electron chi connectivity index (χ1n) is 4.94. The van der Waals surface area contributed by atoms with Crippen LogP contribution in [0.15, 0.2) is 21.7 Å². The van der Waals surface area contributed by atoms with Crippen LogP contribution in [-0.2, 0) is 0 Å². The van der Waals surface area contributed by atoms with Crippen LogP contribution < -0.4 is 5.43 Å². The van der Waals surface area contributed by atoms with E-state index in [0.29, 0.717) is 0 Å². The molecule has 5 heteroatoms. The fourth-order valence-electron chi connectivity index (χ4n) is 1.19. The number of aryl methyl sites for hydroxylation is 3. The summed E-state index contributed by atoms with van der Waals surface area (Å²) in [6.07, 6.45) is 1.64. The van der Waals surface area contributed by atoms with E-state index < -0.39 is 0 Å². The van der Waals surface area contributed by atoms with Gasteiger partial charge in [0.25, 0.3) is 0 Å². The first-order chi connectivity index (χ1) is 7.65. The summed E-state index contributed by atoms with van der Waals surface area (Å²) >= 11 is 1.59. The highest BCUT2D eigenvalue weighted by molar-refractivity contribution is 7.15. The maximum Gasteiger partial charge on any atom is 0.203 e. The molecule has 0 saturated heterocycles. The van der Waals surface area contributed by atoms with Crippen LogP contribution in [0.2, 0.25) is 0 Å². The molecule has 2 rings (SSSR count). The third-order valence-electron chi connectivity index (χ3n) is 2.14. The molecule has 1 N–H and O–H groups in total. The first kappa shape index (κ1) is 10.9. The van der Waals surface area contributed by atoms with Crippen LogP contribution in [0.5, 0.6) is 0 Å². The van der Waals surface area contributed by atoms with Gasteiger partial charge in [-0.25, -0.2) is 4.98 Å². The van der Waals surface area contributed by atoms with Gasteiger partial charge in [-0.05, 0) is 32.9 Å². The highest BCUT2D eigenvalue weighted by atomic mass is 32.1. The van der Waals surface area contributed by atoms with Crippen molar-refractivity contribution in [1.82, 2.24) is 4.98 Å². The fourth-order valence-corrected chi connectivity index (χ4v) is 1.96. The van der Waals surface area contributed by atoms with Crippen molar-refractivity contribution in [2.75, 3.05) is 5.43 Å². The molecule has 0 aliphatic carbocycles. The van der Waals surface area contributed by atoms with Gasteiger partial charge in [-0.1, -0.05) is 0 Å². The van der Waals surface area contributed by atoms with Crippen molar-refractivity contribution >= 4 is 22.7 Å². The Hall–Kier alpha value is -1.62. The summed E-state index contributed by atoms with van der Waals surface area (Å²) in [5.74, 6) is 1.61. The number of nitrogens with one attached hydrogen (secondary N) is 1. The van der Waals surface area contributed by atoms with Gasteiger partial charge in [-0.15, -0.1) is 11.3 Å². The molecule has 16 heavy (non-hydrogen) atoms. The number of hydrogen-bond acceptors (Lipinski definition) is 5. The zero-order valence-corrected chi connectivity index (χ0v) is 10.3. The van der Waals surface area contributed by atoms with E-state index >= 15 is 0 Å². The minimum absolute atomic E-state index is 0.731. The van der Waals surface area contributed by atoms with Crippen LogP contribution in [0.25, 0.3) is 0 Å². The average molecular weight is 235 g/mol. The Morgan fingerprint density at radius 3 is 2.75 bits per heavy atom. The Labute approximate surface area is 98.0 Å². The predicted octanol–water partition coefficient (Wildman–Crippen LogP) is 3.11. The SMILES string of the molecule is Cc1ccc(C=NNc2nc(C)c(C)s2)o1. The second-order valence-corrected chi connectivity index (χ2v) is 4.68. The Morgan fingerprint density at radius 2 is 2.19 bits per heavy atom. The molecule has 2 heterocycles. The number of hydrazone groups is 1. The number of aromatic nitrogens is 1. The molecule has 2 aromatic heterocycles. The van der Waals surface area contributed by atoms with E-state index in [1.807, 2.05) is 32.9 Å². The van der Waals surface area contributed by atoms with Crippen molar-refractivity contribution in [2.45, 2.75) is 20.8 Å². The minimum atomic E-state index is 0.731. The van der Waals surface area contributed by atoms with Gasteiger partial charge in [0.15, 0.2) is 0 Å². The van der Waals surface area contributed by atoms with E-state index in [1.165, 1.54) is 4.88 Å². The second-order valence-electron chi connectivity index (χ2n) is 3.48. The van der Waals surface area contributed by atoms with Gasteiger partial charge in [0.2, 0.25) is 5.13 Å². The number of thiazole rings is 1. The van der Waals surface area contributed by atoms with Gasteiger partial charge in [0.1, 0.15) is 11.5 Å².